The molecule has 0 bridgehead atoms. The minimum absolute atomic E-state index is 0.152. The van der Waals surface area contributed by atoms with Crippen LogP contribution in [-0.4, -0.2) is 19.3 Å². The molecule has 130 valence electrons. The van der Waals surface area contributed by atoms with Gasteiger partial charge in [0, 0.05) is 11.6 Å². The van der Waals surface area contributed by atoms with Crippen LogP contribution in [0.5, 0.6) is 17.2 Å². The van der Waals surface area contributed by atoms with Crippen molar-refractivity contribution < 1.29 is 19.0 Å². The monoisotopic (exact) mass is 340 g/mol. The molecule has 0 unspecified atom stereocenters. The zero-order valence-electron chi connectivity index (χ0n) is 14.7. The maximum Gasteiger partial charge on any atom is 0.204 e. The lowest BCUT2D eigenvalue weighted by Gasteiger charge is -2.12. The average molecular weight is 340 g/mol. The average Bonchev–Trinajstić information content (AvgIpc) is 2.60. The van der Waals surface area contributed by atoms with Crippen LogP contribution in [0.15, 0.2) is 45.1 Å². The van der Waals surface area contributed by atoms with Crippen LogP contribution in [0, 0.1) is 0 Å². The molecule has 25 heavy (non-hydrogen) atoms. The van der Waals surface area contributed by atoms with Gasteiger partial charge in [0.05, 0.1) is 19.6 Å². The van der Waals surface area contributed by atoms with E-state index in [1.807, 2.05) is 19.9 Å². The zero-order chi connectivity index (χ0) is 18.1. The molecule has 1 aromatic heterocycles. The van der Waals surface area contributed by atoms with E-state index >= 15 is 0 Å². The highest BCUT2D eigenvalue weighted by Gasteiger charge is 2.19. The van der Waals surface area contributed by atoms with E-state index in [2.05, 4.69) is 0 Å². The third kappa shape index (κ3) is 2.93. The van der Waals surface area contributed by atoms with Crippen LogP contribution in [0.2, 0.25) is 0 Å². The van der Waals surface area contributed by atoms with Crippen LogP contribution in [-0.2, 0) is 6.42 Å². The van der Waals surface area contributed by atoms with E-state index in [0.717, 1.165) is 11.1 Å². The molecule has 0 fully saturated rings. The Morgan fingerprint density at radius 3 is 2.60 bits per heavy atom. The van der Waals surface area contributed by atoms with Crippen LogP contribution in [0.25, 0.3) is 21.9 Å². The second-order valence-electron chi connectivity index (χ2n) is 6.06. The minimum atomic E-state index is -0.297. The van der Waals surface area contributed by atoms with E-state index in [9.17, 15) is 9.90 Å². The van der Waals surface area contributed by atoms with Gasteiger partial charge in [-0.25, -0.2) is 0 Å². The van der Waals surface area contributed by atoms with Gasteiger partial charge in [0.15, 0.2) is 0 Å². The fraction of sp³-hybridized carbons (Fsp3) is 0.250. The first-order valence-electron chi connectivity index (χ1n) is 7.93. The first-order valence-corrected chi connectivity index (χ1v) is 7.93. The second-order valence-corrected chi connectivity index (χ2v) is 6.06. The van der Waals surface area contributed by atoms with Crippen molar-refractivity contribution in [3.05, 3.63) is 51.7 Å². The molecule has 1 heterocycles. The number of fused-ring (bicyclic) bond motifs is 2. The van der Waals surface area contributed by atoms with Crippen LogP contribution in [0.4, 0.5) is 0 Å². The molecule has 5 nitrogen and oxygen atoms in total. The van der Waals surface area contributed by atoms with Gasteiger partial charge in [0.1, 0.15) is 33.8 Å². The number of phenolic OH excluding ortho intramolecular Hbond substituents is 1. The van der Waals surface area contributed by atoms with Gasteiger partial charge in [-0.05, 0) is 38.5 Å². The van der Waals surface area contributed by atoms with Crippen LogP contribution in [0.1, 0.15) is 19.4 Å². The summed E-state index contributed by atoms with van der Waals surface area (Å²) in [6, 6.07) is 6.49. The van der Waals surface area contributed by atoms with Crippen LogP contribution >= 0.6 is 0 Å². The molecule has 0 aliphatic rings. The summed E-state index contributed by atoms with van der Waals surface area (Å²) in [6.45, 7) is 3.99. The Labute approximate surface area is 145 Å². The number of phenols is 1. The second kappa shape index (κ2) is 6.51. The summed E-state index contributed by atoms with van der Waals surface area (Å²) >= 11 is 0. The number of methoxy groups -OCH3 is 2. The van der Waals surface area contributed by atoms with E-state index in [4.69, 9.17) is 13.9 Å². The van der Waals surface area contributed by atoms with E-state index < -0.39 is 0 Å². The predicted octanol–water partition coefficient (Wildman–Crippen LogP) is 4.18. The first-order chi connectivity index (χ1) is 12.0. The van der Waals surface area contributed by atoms with E-state index in [1.54, 1.807) is 18.2 Å². The Kier molecular flexibility index (Phi) is 4.40. The maximum absolute atomic E-state index is 12.9. The van der Waals surface area contributed by atoms with Gasteiger partial charge in [-0.3, -0.25) is 4.79 Å². The van der Waals surface area contributed by atoms with Crippen molar-refractivity contribution in [1.82, 2.24) is 0 Å². The van der Waals surface area contributed by atoms with Gasteiger partial charge in [0.25, 0.3) is 0 Å². The van der Waals surface area contributed by atoms with Gasteiger partial charge < -0.3 is 19.0 Å². The molecule has 3 aromatic rings. The molecule has 0 amide bonds. The summed E-state index contributed by atoms with van der Waals surface area (Å²) in [6.07, 6.45) is 2.56. The molecule has 5 heteroatoms. The standard InChI is InChI=1S/C20H20O5/c1-11(2)5-7-13-17(24-4)10-15(21)18-19(22)14-9-12(23-3)6-8-16(14)25-20(13)18/h5-6,8-10,21H,7H2,1-4H3. The Bertz CT molecular complexity index is 1040. The molecule has 0 saturated carbocycles. The highest BCUT2D eigenvalue weighted by Crippen LogP contribution is 2.36. The fourth-order valence-corrected chi connectivity index (χ4v) is 2.82. The number of hydrogen-bond donors (Lipinski definition) is 1. The Balaban J connectivity index is 2.44. The maximum atomic E-state index is 12.9. The lowest BCUT2D eigenvalue weighted by Crippen LogP contribution is -2.05. The lowest BCUT2D eigenvalue weighted by molar-refractivity contribution is 0.404. The lowest BCUT2D eigenvalue weighted by atomic mass is 10.0. The Morgan fingerprint density at radius 2 is 1.96 bits per heavy atom. The van der Waals surface area contributed by atoms with E-state index in [0.29, 0.717) is 34.5 Å². The number of hydrogen-bond acceptors (Lipinski definition) is 5. The molecule has 0 aliphatic carbocycles. The highest BCUT2D eigenvalue weighted by molar-refractivity contribution is 5.96. The summed E-state index contributed by atoms with van der Waals surface area (Å²) in [5.74, 6) is 0.877. The fourth-order valence-electron chi connectivity index (χ4n) is 2.82. The molecule has 0 radical (unpaired) electrons. The number of ether oxygens (including phenoxy) is 2. The predicted molar refractivity (Wildman–Crippen MR) is 97.9 cm³/mol. The van der Waals surface area contributed by atoms with Crippen molar-refractivity contribution in [1.29, 1.82) is 0 Å². The van der Waals surface area contributed by atoms with Crippen LogP contribution < -0.4 is 14.9 Å². The van der Waals surface area contributed by atoms with Gasteiger partial charge in [0.2, 0.25) is 5.43 Å². The van der Waals surface area contributed by atoms with Crippen molar-refractivity contribution in [3.8, 4) is 17.2 Å². The molecular weight excluding hydrogens is 320 g/mol. The Hall–Kier alpha value is -2.95. The van der Waals surface area contributed by atoms with Crippen molar-refractivity contribution in [2.24, 2.45) is 0 Å². The largest absolute Gasteiger partial charge is 0.507 e. The first kappa shape index (κ1) is 16.9. The summed E-state index contributed by atoms with van der Waals surface area (Å²) in [7, 11) is 3.06. The quantitative estimate of drug-likeness (QED) is 0.570. The third-order valence-electron chi connectivity index (χ3n) is 4.13. The summed E-state index contributed by atoms with van der Waals surface area (Å²) in [5, 5.41) is 10.9. The molecule has 3 rings (SSSR count). The number of rotatable bonds is 4. The van der Waals surface area contributed by atoms with Gasteiger partial charge in [-0.15, -0.1) is 0 Å². The summed E-state index contributed by atoms with van der Waals surface area (Å²) in [5.41, 5.74) is 2.35. The van der Waals surface area contributed by atoms with Gasteiger partial charge in [-0.2, -0.15) is 0 Å². The number of aromatic hydroxyl groups is 1. The minimum Gasteiger partial charge on any atom is -0.507 e. The van der Waals surface area contributed by atoms with Gasteiger partial charge >= 0.3 is 0 Å². The van der Waals surface area contributed by atoms with E-state index in [1.165, 1.54) is 20.3 Å². The van der Waals surface area contributed by atoms with E-state index in [-0.39, 0.29) is 16.6 Å². The normalized spacial score (nSPS) is 10.9. The summed E-state index contributed by atoms with van der Waals surface area (Å²) < 4.78 is 16.5. The smallest absolute Gasteiger partial charge is 0.204 e. The number of allylic oxidation sites excluding steroid dienone is 2. The topological polar surface area (TPSA) is 68.9 Å². The van der Waals surface area contributed by atoms with Crippen LogP contribution in [0.3, 0.4) is 0 Å². The molecule has 0 atom stereocenters. The summed E-state index contributed by atoms with van der Waals surface area (Å²) in [4.78, 5) is 12.9. The molecule has 0 aliphatic heterocycles. The molecular formula is C20H20O5. The number of benzene rings is 2. The third-order valence-corrected chi connectivity index (χ3v) is 4.13. The molecule has 0 saturated heterocycles. The molecule has 0 spiro atoms. The molecule has 1 N–H and O–H groups in total. The van der Waals surface area contributed by atoms with Crippen molar-refractivity contribution in [2.75, 3.05) is 14.2 Å². The van der Waals surface area contributed by atoms with Gasteiger partial charge in [-0.1, -0.05) is 11.6 Å². The highest BCUT2D eigenvalue weighted by atomic mass is 16.5. The Morgan fingerprint density at radius 1 is 1.20 bits per heavy atom. The van der Waals surface area contributed by atoms with Crippen molar-refractivity contribution >= 4 is 21.9 Å². The SMILES string of the molecule is COc1ccc2oc3c(CC=C(C)C)c(OC)cc(O)c3c(=O)c2c1. The van der Waals surface area contributed by atoms with Crippen molar-refractivity contribution in [2.45, 2.75) is 20.3 Å². The molecule has 2 aromatic carbocycles. The van der Waals surface area contributed by atoms with Crippen molar-refractivity contribution in [3.63, 3.8) is 0 Å². The zero-order valence-corrected chi connectivity index (χ0v) is 14.7.